The minimum Gasteiger partial charge on any atom is -0.489 e. The zero-order valence-corrected chi connectivity index (χ0v) is 12.5. The van der Waals surface area contributed by atoms with Gasteiger partial charge in [-0.3, -0.25) is 9.59 Å². The van der Waals surface area contributed by atoms with Gasteiger partial charge in [-0.1, -0.05) is 42.5 Å². The van der Waals surface area contributed by atoms with E-state index in [2.05, 4.69) is 4.74 Å². The van der Waals surface area contributed by atoms with Gasteiger partial charge in [-0.25, -0.2) is 0 Å². The van der Waals surface area contributed by atoms with Gasteiger partial charge in [0.1, 0.15) is 24.6 Å². The highest BCUT2D eigenvalue weighted by Gasteiger charge is 2.10. The lowest BCUT2D eigenvalue weighted by Crippen LogP contribution is -2.11. The zero-order valence-electron chi connectivity index (χ0n) is 12.5. The molecule has 0 N–H and O–H groups in total. The maximum atomic E-state index is 11.6. The molecule has 4 heteroatoms. The summed E-state index contributed by atoms with van der Waals surface area (Å²) in [6.07, 6.45) is 0.0246. The van der Waals surface area contributed by atoms with Crippen molar-refractivity contribution in [2.24, 2.45) is 0 Å². The Hall–Kier alpha value is -2.62. The van der Waals surface area contributed by atoms with Crippen molar-refractivity contribution < 1.29 is 19.1 Å². The Morgan fingerprint density at radius 2 is 1.59 bits per heavy atom. The summed E-state index contributed by atoms with van der Waals surface area (Å²) in [5.41, 5.74) is 1.95. The number of Topliss-reactive ketones (excluding diaryl/α,β-unsaturated/α-hetero) is 1. The average Bonchev–Trinajstić information content (AvgIpc) is 2.55. The topological polar surface area (TPSA) is 52.6 Å². The van der Waals surface area contributed by atoms with Gasteiger partial charge in [-0.05, 0) is 23.3 Å². The summed E-state index contributed by atoms with van der Waals surface area (Å²) < 4.78 is 10.1. The van der Waals surface area contributed by atoms with Crippen molar-refractivity contribution in [3.05, 3.63) is 65.7 Å². The highest BCUT2D eigenvalue weighted by molar-refractivity contribution is 5.96. The Labute approximate surface area is 129 Å². The van der Waals surface area contributed by atoms with E-state index in [1.807, 2.05) is 54.6 Å². The van der Waals surface area contributed by atoms with Crippen molar-refractivity contribution in [1.82, 2.24) is 0 Å². The summed E-state index contributed by atoms with van der Waals surface area (Å²) in [6, 6.07) is 17.2. The van der Waals surface area contributed by atoms with Gasteiger partial charge in [0.2, 0.25) is 0 Å². The number of benzene rings is 2. The van der Waals surface area contributed by atoms with Gasteiger partial charge in [0.05, 0.1) is 7.11 Å². The van der Waals surface area contributed by atoms with E-state index in [-0.39, 0.29) is 18.6 Å². The predicted molar refractivity (Wildman–Crippen MR) is 82.6 cm³/mol. The first kappa shape index (κ1) is 15.8. The van der Waals surface area contributed by atoms with Crippen LogP contribution in [0.4, 0.5) is 0 Å². The molecule has 0 saturated heterocycles. The molecule has 0 aromatic heterocycles. The summed E-state index contributed by atoms with van der Waals surface area (Å²) in [5, 5.41) is 0. The first-order chi connectivity index (χ1) is 10.7. The molecular formula is C18H18O4. The monoisotopic (exact) mass is 298 g/mol. The van der Waals surface area contributed by atoms with Gasteiger partial charge >= 0.3 is 5.97 Å². The fourth-order valence-corrected chi connectivity index (χ4v) is 1.97. The standard InChI is InChI=1S/C18H18O4/c1-21-18(20)12-16(19)11-14-7-9-17(10-8-14)22-13-15-5-3-2-4-6-15/h2-10H,11-13H2,1H3. The van der Waals surface area contributed by atoms with E-state index in [0.717, 1.165) is 16.9 Å². The van der Waals surface area contributed by atoms with Crippen LogP contribution < -0.4 is 4.74 Å². The second-order valence-corrected chi connectivity index (χ2v) is 4.89. The molecule has 0 amide bonds. The number of carbonyl (C=O) groups is 2. The van der Waals surface area contributed by atoms with Gasteiger partial charge in [-0.2, -0.15) is 0 Å². The van der Waals surface area contributed by atoms with E-state index in [1.165, 1.54) is 7.11 Å². The number of ether oxygens (including phenoxy) is 2. The fraction of sp³-hybridized carbons (Fsp3) is 0.222. The summed E-state index contributed by atoms with van der Waals surface area (Å²) in [7, 11) is 1.27. The second-order valence-electron chi connectivity index (χ2n) is 4.89. The molecule has 114 valence electrons. The lowest BCUT2D eigenvalue weighted by atomic mass is 10.1. The van der Waals surface area contributed by atoms with Crippen molar-refractivity contribution in [2.45, 2.75) is 19.4 Å². The van der Waals surface area contributed by atoms with E-state index < -0.39 is 5.97 Å². The molecule has 0 atom stereocenters. The SMILES string of the molecule is COC(=O)CC(=O)Cc1ccc(OCc2ccccc2)cc1. The lowest BCUT2D eigenvalue weighted by molar-refractivity contribution is -0.143. The van der Waals surface area contributed by atoms with Crippen LogP contribution in [0, 0.1) is 0 Å². The van der Waals surface area contributed by atoms with Gasteiger partial charge < -0.3 is 9.47 Å². The maximum absolute atomic E-state index is 11.6. The molecule has 0 bridgehead atoms. The van der Waals surface area contributed by atoms with Crippen molar-refractivity contribution in [1.29, 1.82) is 0 Å². The molecule has 2 rings (SSSR count). The van der Waals surface area contributed by atoms with E-state index in [9.17, 15) is 9.59 Å². The van der Waals surface area contributed by atoms with Crippen molar-refractivity contribution in [2.75, 3.05) is 7.11 Å². The van der Waals surface area contributed by atoms with E-state index in [1.54, 1.807) is 0 Å². The Bertz CT molecular complexity index is 617. The molecule has 4 nitrogen and oxygen atoms in total. The highest BCUT2D eigenvalue weighted by atomic mass is 16.5. The average molecular weight is 298 g/mol. The number of rotatable bonds is 7. The summed E-state index contributed by atoms with van der Waals surface area (Å²) in [5.74, 6) is 0.0747. The van der Waals surface area contributed by atoms with Gasteiger partial charge in [0, 0.05) is 6.42 Å². The molecule has 0 aliphatic carbocycles. The number of hydrogen-bond donors (Lipinski definition) is 0. The molecule has 0 saturated carbocycles. The number of methoxy groups -OCH3 is 1. The van der Waals surface area contributed by atoms with Crippen molar-refractivity contribution in [3.8, 4) is 5.75 Å². The minimum atomic E-state index is -0.507. The molecule has 0 fully saturated rings. The van der Waals surface area contributed by atoms with E-state index in [4.69, 9.17) is 4.74 Å². The molecular weight excluding hydrogens is 280 g/mol. The zero-order chi connectivity index (χ0) is 15.8. The molecule has 22 heavy (non-hydrogen) atoms. The van der Waals surface area contributed by atoms with Gasteiger partial charge in [0.25, 0.3) is 0 Å². The van der Waals surface area contributed by atoms with Crippen molar-refractivity contribution in [3.63, 3.8) is 0 Å². The highest BCUT2D eigenvalue weighted by Crippen LogP contribution is 2.15. The maximum Gasteiger partial charge on any atom is 0.313 e. The lowest BCUT2D eigenvalue weighted by Gasteiger charge is -2.07. The van der Waals surface area contributed by atoms with Crippen LogP contribution in [-0.2, 0) is 27.4 Å². The van der Waals surface area contributed by atoms with Crippen LogP contribution in [0.2, 0.25) is 0 Å². The number of carbonyl (C=O) groups excluding carboxylic acids is 2. The first-order valence-electron chi connectivity index (χ1n) is 7.01. The third-order valence-electron chi connectivity index (χ3n) is 3.14. The normalized spacial score (nSPS) is 10.0. The Morgan fingerprint density at radius 1 is 0.909 bits per heavy atom. The van der Waals surface area contributed by atoms with Crippen LogP contribution in [0.15, 0.2) is 54.6 Å². The number of hydrogen-bond acceptors (Lipinski definition) is 4. The Kier molecular flexibility index (Phi) is 5.72. The van der Waals surface area contributed by atoms with E-state index in [0.29, 0.717) is 6.61 Å². The Balaban J connectivity index is 1.85. The van der Waals surface area contributed by atoms with Crippen LogP contribution in [0.5, 0.6) is 5.75 Å². The Morgan fingerprint density at radius 3 is 2.23 bits per heavy atom. The van der Waals surface area contributed by atoms with Gasteiger partial charge in [-0.15, -0.1) is 0 Å². The van der Waals surface area contributed by atoms with Crippen LogP contribution in [0.25, 0.3) is 0 Å². The number of ketones is 1. The predicted octanol–water partition coefficient (Wildman–Crippen LogP) is 2.94. The summed E-state index contributed by atoms with van der Waals surface area (Å²) in [6.45, 7) is 0.501. The van der Waals surface area contributed by atoms with Crippen molar-refractivity contribution >= 4 is 11.8 Å². The van der Waals surface area contributed by atoms with E-state index >= 15 is 0 Å². The fourth-order valence-electron chi connectivity index (χ4n) is 1.97. The van der Waals surface area contributed by atoms with Crippen LogP contribution in [0.1, 0.15) is 17.5 Å². The quantitative estimate of drug-likeness (QED) is 0.582. The van der Waals surface area contributed by atoms with Gasteiger partial charge in [0.15, 0.2) is 0 Å². The molecule has 0 aliphatic rings. The largest absolute Gasteiger partial charge is 0.489 e. The summed E-state index contributed by atoms with van der Waals surface area (Å²) >= 11 is 0. The molecule has 0 aliphatic heterocycles. The molecule has 0 unspecified atom stereocenters. The molecule has 0 radical (unpaired) electrons. The third-order valence-corrected chi connectivity index (χ3v) is 3.14. The third kappa shape index (κ3) is 5.05. The first-order valence-corrected chi connectivity index (χ1v) is 7.01. The minimum absolute atomic E-state index is 0.162. The van der Waals surface area contributed by atoms with Crippen LogP contribution >= 0.6 is 0 Å². The van der Waals surface area contributed by atoms with Crippen LogP contribution in [0.3, 0.4) is 0 Å². The molecule has 0 spiro atoms. The smallest absolute Gasteiger partial charge is 0.313 e. The molecule has 2 aromatic rings. The number of esters is 1. The summed E-state index contributed by atoms with van der Waals surface area (Å²) in [4.78, 5) is 22.7. The second kappa shape index (κ2) is 7.98. The van der Waals surface area contributed by atoms with Crippen LogP contribution in [-0.4, -0.2) is 18.9 Å². The molecule has 0 heterocycles. The molecule has 2 aromatic carbocycles.